The molecule has 1 aromatic rings. The van der Waals surface area contributed by atoms with Crippen LogP contribution < -0.4 is 5.32 Å². The minimum Gasteiger partial charge on any atom is -0.382 e. The van der Waals surface area contributed by atoms with E-state index in [0.29, 0.717) is 24.2 Å². The van der Waals surface area contributed by atoms with Crippen molar-refractivity contribution in [1.82, 2.24) is 4.90 Å². The first kappa shape index (κ1) is 16.2. The number of halogens is 1. The molecule has 1 N–H and O–H groups in total. The van der Waals surface area contributed by atoms with E-state index in [9.17, 15) is 4.39 Å². The fraction of sp³-hybridized carbons (Fsp3) is 0.588. The third-order valence-electron chi connectivity index (χ3n) is 4.65. The topological polar surface area (TPSA) is 57.5 Å². The average Bonchev–Trinajstić information content (AvgIpc) is 3.10. The Labute approximate surface area is 136 Å². The molecular formula is C17H22FN3O2. The zero-order valence-electron chi connectivity index (χ0n) is 13.1. The van der Waals surface area contributed by atoms with Crippen LogP contribution in [0.4, 0.5) is 10.1 Å². The summed E-state index contributed by atoms with van der Waals surface area (Å²) in [7, 11) is 0. The van der Waals surface area contributed by atoms with Crippen LogP contribution in [0.15, 0.2) is 18.2 Å². The first-order valence-electron chi connectivity index (χ1n) is 8.11. The first-order valence-corrected chi connectivity index (χ1v) is 8.11. The number of hydrogen-bond acceptors (Lipinski definition) is 5. The van der Waals surface area contributed by atoms with E-state index in [4.69, 9.17) is 14.7 Å². The number of ether oxygens (including phenoxy) is 2. The van der Waals surface area contributed by atoms with Gasteiger partial charge < -0.3 is 14.8 Å². The van der Waals surface area contributed by atoms with Crippen molar-refractivity contribution in [1.29, 1.82) is 5.26 Å². The van der Waals surface area contributed by atoms with E-state index in [1.165, 1.54) is 6.07 Å². The number of nitrogens with zero attached hydrogens (tertiary/aromatic N) is 2. The summed E-state index contributed by atoms with van der Waals surface area (Å²) >= 11 is 0. The van der Waals surface area contributed by atoms with Gasteiger partial charge in [-0.2, -0.15) is 5.26 Å². The van der Waals surface area contributed by atoms with Gasteiger partial charge in [-0.25, -0.2) is 4.39 Å². The monoisotopic (exact) mass is 319 g/mol. The van der Waals surface area contributed by atoms with Crippen molar-refractivity contribution in [2.24, 2.45) is 5.92 Å². The zero-order valence-corrected chi connectivity index (χ0v) is 13.1. The van der Waals surface area contributed by atoms with E-state index in [1.54, 1.807) is 12.1 Å². The second kappa shape index (κ2) is 7.73. The summed E-state index contributed by atoms with van der Waals surface area (Å²) in [6.45, 7) is 5.52. The van der Waals surface area contributed by atoms with Crippen molar-refractivity contribution in [2.45, 2.75) is 12.5 Å². The van der Waals surface area contributed by atoms with Gasteiger partial charge in [-0.15, -0.1) is 0 Å². The Morgan fingerprint density at radius 3 is 2.83 bits per heavy atom. The number of nitrogens with one attached hydrogen (secondary N) is 1. The molecule has 2 fully saturated rings. The number of benzene rings is 1. The highest BCUT2D eigenvalue weighted by atomic mass is 19.1. The molecule has 1 aromatic carbocycles. The van der Waals surface area contributed by atoms with Crippen LogP contribution in [-0.4, -0.2) is 57.0 Å². The van der Waals surface area contributed by atoms with E-state index in [0.717, 1.165) is 45.9 Å². The van der Waals surface area contributed by atoms with Crippen LogP contribution in [0.25, 0.3) is 0 Å². The number of nitriles is 1. The third kappa shape index (κ3) is 3.81. The molecule has 0 radical (unpaired) electrons. The van der Waals surface area contributed by atoms with E-state index in [2.05, 4.69) is 10.2 Å². The smallest absolute Gasteiger partial charge is 0.143 e. The van der Waals surface area contributed by atoms with E-state index < -0.39 is 5.82 Å². The maximum absolute atomic E-state index is 13.7. The fourth-order valence-electron chi connectivity index (χ4n) is 3.36. The molecule has 6 heteroatoms. The molecule has 2 heterocycles. The SMILES string of the molecule is N#Cc1c(F)cccc1NC[C@@H]([C@H]1CCOC1)N1CCOCC1. The number of morpholine rings is 1. The maximum atomic E-state index is 13.7. The molecule has 124 valence electrons. The van der Waals surface area contributed by atoms with Gasteiger partial charge in [-0.05, 0) is 18.6 Å². The Morgan fingerprint density at radius 1 is 1.30 bits per heavy atom. The summed E-state index contributed by atoms with van der Waals surface area (Å²) in [5, 5.41) is 12.4. The Morgan fingerprint density at radius 2 is 2.13 bits per heavy atom. The number of hydrogen-bond donors (Lipinski definition) is 1. The lowest BCUT2D eigenvalue weighted by atomic mass is 9.96. The van der Waals surface area contributed by atoms with Crippen molar-refractivity contribution >= 4 is 5.69 Å². The highest BCUT2D eigenvalue weighted by molar-refractivity contribution is 5.57. The number of rotatable bonds is 5. The summed E-state index contributed by atoms with van der Waals surface area (Å²) in [6, 6.07) is 6.94. The molecule has 5 nitrogen and oxygen atoms in total. The standard InChI is InChI=1S/C17H22FN3O2/c18-15-2-1-3-16(14(15)10-19)20-11-17(13-4-7-23-12-13)21-5-8-22-9-6-21/h1-3,13,17,20H,4-9,11-12H2/t13-,17-/m0/s1. The largest absolute Gasteiger partial charge is 0.382 e. The summed E-state index contributed by atoms with van der Waals surface area (Å²) in [5.74, 6) is -0.0238. The van der Waals surface area contributed by atoms with Gasteiger partial charge in [-0.1, -0.05) is 6.07 Å². The molecule has 0 aromatic heterocycles. The predicted molar refractivity (Wildman–Crippen MR) is 84.7 cm³/mol. The molecule has 0 unspecified atom stereocenters. The second-order valence-electron chi connectivity index (χ2n) is 5.99. The lowest BCUT2D eigenvalue weighted by Crippen LogP contribution is -2.50. The van der Waals surface area contributed by atoms with E-state index in [1.807, 2.05) is 6.07 Å². The first-order chi connectivity index (χ1) is 11.3. The van der Waals surface area contributed by atoms with Crippen molar-refractivity contribution in [3.05, 3.63) is 29.6 Å². The van der Waals surface area contributed by atoms with Crippen LogP contribution in [0.2, 0.25) is 0 Å². The molecule has 2 atom stereocenters. The minimum atomic E-state index is -0.482. The van der Waals surface area contributed by atoms with Crippen molar-refractivity contribution in [3.63, 3.8) is 0 Å². The molecule has 0 bridgehead atoms. The summed E-state index contributed by atoms with van der Waals surface area (Å²) in [5.41, 5.74) is 0.639. The molecule has 0 spiro atoms. The maximum Gasteiger partial charge on any atom is 0.143 e. The molecule has 0 saturated carbocycles. The molecule has 2 aliphatic heterocycles. The molecule has 0 aliphatic carbocycles. The van der Waals surface area contributed by atoms with Crippen LogP contribution >= 0.6 is 0 Å². The van der Waals surface area contributed by atoms with Crippen LogP contribution in [0, 0.1) is 23.1 Å². The molecule has 2 aliphatic rings. The molecule has 3 rings (SSSR count). The molecular weight excluding hydrogens is 297 g/mol. The van der Waals surface area contributed by atoms with Crippen LogP contribution in [0.5, 0.6) is 0 Å². The zero-order chi connectivity index (χ0) is 16.1. The van der Waals surface area contributed by atoms with Crippen LogP contribution in [0.1, 0.15) is 12.0 Å². The summed E-state index contributed by atoms with van der Waals surface area (Å²) in [4.78, 5) is 2.42. The second-order valence-corrected chi connectivity index (χ2v) is 5.99. The van der Waals surface area contributed by atoms with Gasteiger partial charge >= 0.3 is 0 Å². The normalized spacial score (nSPS) is 23.4. The third-order valence-corrected chi connectivity index (χ3v) is 4.65. The molecule has 0 amide bonds. The molecule has 23 heavy (non-hydrogen) atoms. The van der Waals surface area contributed by atoms with Crippen molar-refractivity contribution < 1.29 is 13.9 Å². The lowest BCUT2D eigenvalue weighted by molar-refractivity contribution is 0.00461. The Bertz CT molecular complexity index is 563. The van der Waals surface area contributed by atoms with Gasteiger partial charge in [0.25, 0.3) is 0 Å². The Kier molecular flexibility index (Phi) is 5.44. The van der Waals surface area contributed by atoms with E-state index >= 15 is 0 Å². The summed E-state index contributed by atoms with van der Waals surface area (Å²) < 4.78 is 24.7. The predicted octanol–water partition coefficient (Wildman–Crippen LogP) is 1.85. The van der Waals surface area contributed by atoms with Crippen molar-refractivity contribution in [3.8, 4) is 6.07 Å². The van der Waals surface area contributed by atoms with Gasteiger partial charge in [0.05, 0.1) is 25.5 Å². The van der Waals surface area contributed by atoms with Gasteiger partial charge in [0.2, 0.25) is 0 Å². The summed E-state index contributed by atoms with van der Waals surface area (Å²) in [6.07, 6.45) is 1.04. The van der Waals surface area contributed by atoms with Crippen LogP contribution in [-0.2, 0) is 9.47 Å². The van der Waals surface area contributed by atoms with Gasteiger partial charge in [-0.3, -0.25) is 4.90 Å². The average molecular weight is 319 g/mol. The van der Waals surface area contributed by atoms with E-state index in [-0.39, 0.29) is 5.56 Å². The minimum absolute atomic E-state index is 0.0795. The molecule has 2 saturated heterocycles. The Balaban J connectivity index is 1.71. The highest BCUT2D eigenvalue weighted by Gasteiger charge is 2.31. The van der Waals surface area contributed by atoms with Gasteiger partial charge in [0, 0.05) is 38.2 Å². The number of anilines is 1. The van der Waals surface area contributed by atoms with Gasteiger partial charge in [0.15, 0.2) is 0 Å². The van der Waals surface area contributed by atoms with Crippen LogP contribution in [0.3, 0.4) is 0 Å². The van der Waals surface area contributed by atoms with Gasteiger partial charge in [0.1, 0.15) is 17.4 Å². The Hall–Kier alpha value is -1.68. The highest BCUT2D eigenvalue weighted by Crippen LogP contribution is 2.24. The quantitative estimate of drug-likeness (QED) is 0.897. The lowest BCUT2D eigenvalue weighted by Gasteiger charge is -2.37. The fourth-order valence-corrected chi connectivity index (χ4v) is 3.36. The van der Waals surface area contributed by atoms with Crippen molar-refractivity contribution in [2.75, 3.05) is 51.4 Å².